The highest BCUT2D eigenvalue weighted by Gasteiger charge is 2.30. The molecule has 1 amide bonds. The van der Waals surface area contributed by atoms with Crippen molar-refractivity contribution in [3.05, 3.63) is 35.4 Å². The van der Waals surface area contributed by atoms with Crippen LogP contribution in [-0.4, -0.2) is 24.0 Å². The number of hydrogen-bond donors (Lipinski definition) is 1. The predicted molar refractivity (Wildman–Crippen MR) is 81.3 cm³/mol. The largest absolute Gasteiger partial charge is 0.444 e. The molecule has 2 rings (SSSR count). The number of fused-ring (bicyclic) bond motifs is 1. The number of nitrogens with one attached hydrogen (secondary N) is 1. The third-order valence-electron chi connectivity index (χ3n) is 3.68. The van der Waals surface area contributed by atoms with E-state index in [1.165, 1.54) is 5.56 Å². The van der Waals surface area contributed by atoms with Crippen molar-refractivity contribution in [2.45, 2.75) is 57.6 Å². The standard InChI is InChI=1S/C17H23NO3/c1-17(2,3)21-16(20)18-15(11-19)14-10-6-8-12-7-4-5-9-13(12)14/h4-5,7,9,11,14-15H,6,8,10H2,1-3H3,(H,18,20). The minimum atomic E-state index is -0.567. The fourth-order valence-electron chi connectivity index (χ4n) is 2.84. The Morgan fingerprint density at radius 3 is 2.76 bits per heavy atom. The maximum absolute atomic E-state index is 11.9. The summed E-state index contributed by atoms with van der Waals surface area (Å²) >= 11 is 0. The third-order valence-corrected chi connectivity index (χ3v) is 3.68. The average molecular weight is 289 g/mol. The first-order chi connectivity index (χ1) is 9.90. The van der Waals surface area contributed by atoms with Gasteiger partial charge in [0.05, 0.1) is 6.04 Å². The predicted octanol–water partition coefficient (Wildman–Crippen LogP) is 3.20. The number of amides is 1. The van der Waals surface area contributed by atoms with E-state index in [1.54, 1.807) is 20.8 Å². The lowest BCUT2D eigenvalue weighted by molar-refractivity contribution is -0.110. The fourth-order valence-corrected chi connectivity index (χ4v) is 2.84. The lowest BCUT2D eigenvalue weighted by Gasteiger charge is -2.30. The molecule has 0 saturated carbocycles. The van der Waals surface area contributed by atoms with E-state index in [0.29, 0.717) is 0 Å². The lowest BCUT2D eigenvalue weighted by Crippen LogP contribution is -2.44. The molecule has 0 saturated heterocycles. The molecule has 4 heteroatoms. The van der Waals surface area contributed by atoms with Gasteiger partial charge in [0.15, 0.2) is 0 Å². The zero-order chi connectivity index (χ0) is 15.5. The fraction of sp³-hybridized carbons (Fsp3) is 0.529. The maximum Gasteiger partial charge on any atom is 0.408 e. The molecule has 2 atom stereocenters. The second-order valence-electron chi connectivity index (χ2n) is 6.51. The Bertz CT molecular complexity index is 519. The summed E-state index contributed by atoms with van der Waals surface area (Å²) in [5.41, 5.74) is 1.87. The summed E-state index contributed by atoms with van der Waals surface area (Å²) < 4.78 is 5.24. The smallest absolute Gasteiger partial charge is 0.408 e. The molecule has 21 heavy (non-hydrogen) atoms. The van der Waals surface area contributed by atoms with Crippen molar-refractivity contribution in [1.82, 2.24) is 5.32 Å². The van der Waals surface area contributed by atoms with Crippen LogP contribution in [0.4, 0.5) is 4.79 Å². The topological polar surface area (TPSA) is 55.4 Å². The van der Waals surface area contributed by atoms with E-state index < -0.39 is 17.7 Å². The van der Waals surface area contributed by atoms with E-state index >= 15 is 0 Å². The molecule has 0 bridgehead atoms. The van der Waals surface area contributed by atoms with E-state index in [4.69, 9.17) is 4.74 Å². The number of benzene rings is 1. The first kappa shape index (κ1) is 15.5. The van der Waals surface area contributed by atoms with Gasteiger partial charge in [-0.2, -0.15) is 0 Å². The molecule has 1 N–H and O–H groups in total. The SMILES string of the molecule is CC(C)(C)OC(=O)NC(C=O)C1CCCc2ccccc21. The van der Waals surface area contributed by atoms with Gasteiger partial charge < -0.3 is 14.8 Å². The molecule has 0 fully saturated rings. The highest BCUT2D eigenvalue weighted by atomic mass is 16.6. The quantitative estimate of drug-likeness (QED) is 0.869. The van der Waals surface area contributed by atoms with Crippen LogP contribution in [0.25, 0.3) is 0 Å². The van der Waals surface area contributed by atoms with Gasteiger partial charge in [0.2, 0.25) is 0 Å². The summed E-state index contributed by atoms with van der Waals surface area (Å²) in [5.74, 6) is 0.0277. The Balaban J connectivity index is 2.12. The van der Waals surface area contributed by atoms with Crippen molar-refractivity contribution >= 4 is 12.4 Å². The van der Waals surface area contributed by atoms with E-state index in [0.717, 1.165) is 31.1 Å². The molecule has 1 aromatic rings. The molecule has 0 heterocycles. The number of rotatable bonds is 3. The summed E-state index contributed by atoms with van der Waals surface area (Å²) in [5, 5.41) is 2.70. The minimum absolute atomic E-state index is 0.0277. The maximum atomic E-state index is 11.9. The van der Waals surface area contributed by atoms with Crippen molar-refractivity contribution in [1.29, 1.82) is 0 Å². The minimum Gasteiger partial charge on any atom is -0.444 e. The van der Waals surface area contributed by atoms with Gasteiger partial charge in [-0.3, -0.25) is 0 Å². The number of aldehydes is 1. The van der Waals surface area contributed by atoms with E-state index in [1.807, 2.05) is 18.2 Å². The summed E-state index contributed by atoms with van der Waals surface area (Å²) in [6, 6.07) is 7.59. The molecular weight excluding hydrogens is 266 g/mol. The summed E-state index contributed by atoms with van der Waals surface area (Å²) in [6.07, 6.45) is 3.24. The van der Waals surface area contributed by atoms with Gasteiger partial charge in [0.25, 0.3) is 0 Å². The van der Waals surface area contributed by atoms with Gasteiger partial charge in [0.1, 0.15) is 11.9 Å². The molecule has 2 unspecified atom stereocenters. The average Bonchev–Trinajstić information content (AvgIpc) is 2.42. The van der Waals surface area contributed by atoms with Gasteiger partial charge in [-0.05, 0) is 51.2 Å². The summed E-state index contributed by atoms with van der Waals surface area (Å²) in [6.45, 7) is 5.41. The number of aryl methyl sites for hydroxylation is 1. The third kappa shape index (κ3) is 4.06. The number of hydrogen-bond acceptors (Lipinski definition) is 3. The molecule has 0 radical (unpaired) electrons. The highest BCUT2D eigenvalue weighted by molar-refractivity contribution is 5.74. The van der Waals surface area contributed by atoms with Crippen LogP contribution in [0.15, 0.2) is 24.3 Å². The van der Waals surface area contributed by atoms with Crippen molar-refractivity contribution in [2.24, 2.45) is 0 Å². The number of carbonyl (C=O) groups is 2. The molecule has 0 spiro atoms. The normalized spacial score (nSPS) is 19.3. The van der Waals surface area contributed by atoms with Crippen LogP contribution >= 0.6 is 0 Å². The summed E-state index contributed by atoms with van der Waals surface area (Å²) in [4.78, 5) is 23.3. The molecule has 1 aromatic carbocycles. The molecular formula is C17H23NO3. The van der Waals surface area contributed by atoms with Crippen LogP contribution in [0.5, 0.6) is 0 Å². The molecule has 114 valence electrons. The van der Waals surface area contributed by atoms with Crippen LogP contribution < -0.4 is 5.32 Å². The second-order valence-corrected chi connectivity index (χ2v) is 6.51. The van der Waals surface area contributed by atoms with Crippen LogP contribution in [-0.2, 0) is 16.0 Å². The van der Waals surface area contributed by atoms with Crippen LogP contribution in [0.2, 0.25) is 0 Å². The number of alkyl carbamates (subject to hydrolysis) is 1. The van der Waals surface area contributed by atoms with Crippen molar-refractivity contribution in [2.75, 3.05) is 0 Å². The second kappa shape index (κ2) is 6.29. The van der Waals surface area contributed by atoms with Gasteiger partial charge in [-0.15, -0.1) is 0 Å². The molecule has 1 aliphatic rings. The Labute approximate surface area is 125 Å². The lowest BCUT2D eigenvalue weighted by atomic mass is 9.79. The summed E-state index contributed by atoms with van der Waals surface area (Å²) in [7, 11) is 0. The van der Waals surface area contributed by atoms with Gasteiger partial charge in [0, 0.05) is 5.92 Å². The van der Waals surface area contributed by atoms with E-state index in [-0.39, 0.29) is 5.92 Å². The Morgan fingerprint density at radius 1 is 1.38 bits per heavy atom. The first-order valence-electron chi connectivity index (χ1n) is 7.43. The van der Waals surface area contributed by atoms with Gasteiger partial charge in [-0.25, -0.2) is 4.79 Å². The van der Waals surface area contributed by atoms with E-state index in [9.17, 15) is 9.59 Å². The number of carbonyl (C=O) groups excluding carboxylic acids is 2. The van der Waals surface area contributed by atoms with Gasteiger partial charge >= 0.3 is 6.09 Å². The van der Waals surface area contributed by atoms with Gasteiger partial charge in [-0.1, -0.05) is 24.3 Å². The van der Waals surface area contributed by atoms with Crippen LogP contribution in [0.3, 0.4) is 0 Å². The Kier molecular flexibility index (Phi) is 4.66. The van der Waals surface area contributed by atoms with Crippen molar-refractivity contribution in [3.63, 3.8) is 0 Å². The molecule has 0 aliphatic heterocycles. The van der Waals surface area contributed by atoms with Crippen LogP contribution in [0, 0.1) is 0 Å². The molecule has 4 nitrogen and oxygen atoms in total. The first-order valence-corrected chi connectivity index (χ1v) is 7.43. The zero-order valence-corrected chi connectivity index (χ0v) is 12.9. The van der Waals surface area contributed by atoms with Crippen LogP contribution in [0.1, 0.15) is 50.7 Å². The highest BCUT2D eigenvalue weighted by Crippen LogP contribution is 2.33. The molecule has 0 aromatic heterocycles. The van der Waals surface area contributed by atoms with E-state index in [2.05, 4.69) is 11.4 Å². The Morgan fingerprint density at radius 2 is 2.10 bits per heavy atom. The van der Waals surface area contributed by atoms with Crippen molar-refractivity contribution in [3.8, 4) is 0 Å². The molecule has 1 aliphatic carbocycles. The Hall–Kier alpha value is -1.84. The van der Waals surface area contributed by atoms with Crippen molar-refractivity contribution < 1.29 is 14.3 Å². The monoisotopic (exact) mass is 289 g/mol. The number of ether oxygens (including phenoxy) is 1. The zero-order valence-electron chi connectivity index (χ0n) is 12.9.